The van der Waals surface area contributed by atoms with Crippen LogP contribution in [0.5, 0.6) is 5.75 Å². The molecule has 0 aliphatic rings. The third-order valence-electron chi connectivity index (χ3n) is 2.05. The Labute approximate surface area is 88.9 Å². The van der Waals surface area contributed by atoms with Crippen LogP contribution in [-0.4, -0.2) is 5.11 Å². The Kier molecular flexibility index (Phi) is 2.25. The van der Waals surface area contributed by atoms with Crippen LogP contribution in [0.15, 0.2) is 45.7 Å². The predicted octanol–water partition coefficient (Wildman–Crippen LogP) is 2.67. The molecule has 1 N–H and O–H groups in total. The molecule has 0 spiro atoms. The normalized spacial score (nSPS) is 10.4. The molecular weight excluding hydrogens is 244 g/mol. The van der Waals surface area contributed by atoms with Crippen molar-refractivity contribution in [3.63, 3.8) is 0 Å². The van der Waals surface area contributed by atoms with E-state index in [9.17, 15) is 9.90 Å². The molecule has 2 nitrogen and oxygen atoms in total. The molecule has 0 aliphatic carbocycles. The molecule has 70 valence electrons. The average molecular weight is 251 g/mol. The van der Waals surface area contributed by atoms with E-state index in [1.807, 2.05) is 18.2 Å². The number of rotatable bonds is 0. The summed E-state index contributed by atoms with van der Waals surface area (Å²) in [5.74, 6) is -0.00407. The van der Waals surface area contributed by atoms with Gasteiger partial charge in [-0.1, -0.05) is 30.3 Å². The Morgan fingerprint density at radius 1 is 1.07 bits per heavy atom. The zero-order valence-corrected chi connectivity index (χ0v) is 8.78. The second-order valence-corrected chi connectivity index (χ2v) is 3.74. The van der Waals surface area contributed by atoms with Gasteiger partial charge in [0, 0.05) is 5.39 Å². The summed E-state index contributed by atoms with van der Waals surface area (Å²) in [7, 11) is 0. The maximum atomic E-state index is 11.3. The van der Waals surface area contributed by atoms with Crippen LogP contribution in [0.4, 0.5) is 0 Å². The van der Waals surface area contributed by atoms with Crippen LogP contribution in [0.25, 0.3) is 10.8 Å². The fraction of sp³-hybridized carbons (Fsp3) is 0. The van der Waals surface area contributed by atoms with E-state index in [2.05, 4.69) is 15.9 Å². The largest absolute Gasteiger partial charge is 0.506 e. The molecule has 0 atom stereocenters. The lowest BCUT2D eigenvalue weighted by molar-refractivity contribution is 0.478. The molecule has 2 aromatic carbocycles. The molecule has 0 amide bonds. The van der Waals surface area contributed by atoms with Gasteiger partial charge in [0.1, 0.15) is 10.2 Å². The van der Waals surface area contributed by atoms with Crippen LogP contribution in [0.1, 0.15) is 0 Å². The third-order valence-corrected chi connectivity index (χ3v) is 2.82. The molecule has 3 heteroatoms. The molecule has 0 radical (unpaired) electrons. The summed E-state index contributed by atoms with van der Waals surface area (Å²) in [4.78, 5) is 11.3. The standard InChI is InChI=1S/C11H7BrO2/c12-10-9(13)6-5-7-3-1-2-4-8(7)11(10)14/h1-6,14H. The van der Waals surface area contributed by atoms with Crippen molar-refractivity contribution in [2.24, 2.45) is 0 Å². The van der Waals surface area contributed by atoms with Crippen LogP contribution in [0.2, 0.25) is 0 Å². The summed E-state index contributed by atoms with van der Waals surface area (Å²) in [6.45, 7) is 0. The van der Waals surface area contributed by atoms with Crippen molar-refractivity contribution in [2.45, 2.75) is 0 Å². The van der Waals surface area contributed by atoms with Crippen LogP contribution in [0.3, 0.4) is 0 Å². The first-order valence-corrected chi connectivity index (χ1v) is 4.90. The number of aromatic hydroxyl groups is 1. The molecule has 0 heterocycles. The lowest BCUT2D eigenvalue weighted by Gasteiger charge is -1.94. The van der Waals surface area contributed by atoms with Gasteiger partial charge in [0.25, 0.3) is 0 Å². The van der Waals surface area contributed by atoms with Crippen molar-refractivity contribution in [1.82, 2.24) is 0 Å². The monoisotopic (exact) mass is 250 g/mol. The van der Waals surface area contributed by atoms with Crippen molar-refractivity contribution < 1.29 is 5.11 Å². The molecule has 0 saturated heterocycles. The highest BCUT2D eigenvalue weighted by atomic mass is 79.9. The Bertz CT molecular complexity index is 549. The fourth-order valence-electron chi connectivity index (χ4n) is 1.33. The Morgan fingerprint density at radius 2 is 1.79 bits per heavy atom. The maximum absolute atomic E-state index is 11.3. The van der Waals surface area contributed by atoms with E-state index < -0.39 is 0 Å². The minimum Gasteiger partial charge on any atom is -0.506 e. The van der Waals surface area contributed by atoms with Gasteiger partial charge in [-0.05, 0) is 27.4 Å². The lowest BCUT2D eigenvalue weighted by Crippen LogP contribution is -1.93. The number of benzene rings is 1. The van der Waals surface area contributed by atoms with Crippen molar-refractivity contribution in [1.29, 1.82) is 0 Å². The van der Waals surface area contributed by atoms with Crippen LogP contribution < -0.4 is 5.43 Å². The van der Waals surface area contributed by atoms with Gasteiger partial charge in [0.05, 0.1) is 0 Å². The minimum absolute atomic E-state index is 0.00407. The van der Waals surface area contributed by atoms with Gasteiger partial charge in [-0.2, -0.15) is 0 Å². The fourth-order valence-corrected chi connectivity index (χ4v) is 1.68. The van der Waals surface area contributed by atoms with E-state index in [1.165, 1.54) is 6.07 Å². The van der Waals surface area contributed by atoms with E-state index in [0.717, 1.165) is 5.39 Å². The zero-order chi connectivity index (χ0) is 10.1. The van der Waals surface area contributed by atoms with Crippen molar-refractivity contribution >= 4 is 26.7 Å². The molecule has 2 aromatic rings. The van der Waals surface area contributed by atoms with Crippen molar-refractivity contribution in [2.75, 3.05) is 0 Å². The summed E-state index contributed by atoms with van der Waals surface area (Å²) in [6, 6.07) is 10.4. The zero-order valence-electron chi connectivity index (χ0n) is 7.20. The second-order valence-electron chi connectivity index (χ2n) is 2.95. The van der Waals surface area contributed by atoms with Crippen molar-refractivity contribution in [3.05, 3.63) is 51.1 Å². The topological polar surface area (TPSA) is 37.3 Å². The average Bonchev–Trinajstić information content (AvgIpc) is 2.32. The SMILES string of the molecule is O=c1ccc2ccccc2c(O)c1Br. The van der Waals surface area contributed by atoms with Gasteiger partial charge >= 0.3 is 0 Å². The Morgan fingerprint density at radius 3 is 2.57 bits per heavy atom. The van der Waals surface area contributed by atoms with E-state index in [1.54, 1.807) is 12.1 Å². The summed E-state index contributed by atoms with van der Waals surface area (Å²) < 4.78 is 0.207. The number of hydrogen-bond donors (Lipinski definition) is 1. The van der Waals surface area contributed by atoms with Gasteiger partial charge in [0.2, 0.25) is 0 Å². The maximum Gasteiger partial charge on any atom is 0.196 e. The second kappa shape index (κ2) is 3.42. The van der Waals surface area contributed by atoms with E-state index in [0.29, 0.717) is 5.39 Å². The quantitative estimate of drug-likeness (QED) is 0.781. The van der Waals surface area contributed by atoms with Gasteiger partial charge in [-0.3, -0.25) is 4.79 Å². The highest BCUT2D eigenvalue weighted by molar-refractivity contribution is 9.10. The first kappa shape index (κ1) is 9.21. The van der Waals surface area contributed by atoms with Gasteiger partial charge < -0.3 is 5.11 Å². The Hall–Kier alpha value is -1.35. The molecule has 0 unspecified atom stereocenters. The Balaban J connectivity index is 3.07. The smallest absolute Gasteiger partial charge is 0.196 e. The molecule has 14 heavy (non-hydrogen) atoms. The molecule has 0 aliphatic heterocycles. The number of fused-ring (bicyclic) bond motifs is 1. The first-order valence-electron chi connectivity index (χ1n) is 4.10. The molecule has 0 fully saturated rings. The highest BCUT2D eigenvalue weighted by Gasteiger charge is 2.04. The summed E-state index contributed by atoms with van der Waals surface area (Å²) >= 11 is 3.07. The molecular formula is C11H7BrO2. The van der Waals surface area contributed by atoms with E-state index in [4.69, 9.17) is 0 Å². The third kappa shape index (κ3) is 1.40. The van der Waals surface area contributed by atoms with Gasteiger partial charge in [-0.15, -0.1) is 0 Å². The molecule has 0 saturated carbocycles. The molecule has 0 aromatic heterocycles. The summed E-state index contributed by atoms with van der Waals surface area (Å²) in [5, 5.41) is 11.3. The minimum atomic E-state index is -0.223. The molecule has 2 rings (SSSR count). The number of halogens is 1. The van der Waals surface area contributed by atoms with E-state index in [-0.39, 0.29) is 15.7 Å². The summed E-state index contributed by atoms with van der Waals surface area (Å²) in [6.07, 6.45) is 0. The van der Waals surface area contributed by atoms with Crippen molar-refractivity contribution in [3.8, 4) is 5.75 Å². The van der Waals surface area contributed by atoms with Gasteiger partial charge in [0.15, 0.2) is 5.43 Å². The summed E-state index contributed by atoms with van der Waals surface area (Å²) in [5.41, 5.74) is -0.223. The van der Waals surface area contributed by atoms with Crippen LogP contribution >= 0.6 is 15.9 Å². The van der Waals surface area contributed by atoms with E-state index >= 15 is 0 Å². The highest BCUT2D eigenvalue weighted by Crippen LogP contribution is 2.27. The lowest BCUT2D eigenvalue weighted by atomic mass is 10.2. The van der Waals surface area contributed by atoms with Crippen LogP contribution in [-0.2, 0) is 0 Å². The van der Waals surface area contributed by atoms with Gasteiger partial charge in [-0.25, -0.2) is 0 Å². The molecule has 0 bridgehead atoms. The van der Waals surface area contributed by atoms with Crippen LogP contribution in [0, 0.1) is 0 Å². The number of hydrogen-bond acceptors (Lipinski definition) is 2. The predicted molar refractivity (Wildman–Crippen MR) is 59.6 cm³/mol. The first-order chi connectivity index (χ1) is 6.70.